The molecule has 0 atom stereocenters. The minimum absolute atomic E-state index is 0.0664. The zero-order valence-corrected chi connectivity index (χ0v) is 11.9. The van der Waals surface area contributed by atoms with Crippen LogP contribution in [0.4, 0.5) is 11.5 Å². The molecule has 0 aromatic carbocycles. The van der Waals surface area contributed by atoms with E-state index in [1.807, 2.05) is 0 Å². The Morgan fingerprint density at radius 2 is 2.05 bits per heavy atom. The molecule has 0 spiro atoms. The van der Waals surface area contributed by atoms with Crippen molar-refractivity contribution in [1.82, 2.24) is 9.97 Å². The highest BCUT2D eigenvalue weighted by molar-refractivity contribution is 7.92. The number of rotatable bonds is 4. The van der Waals surface area contributed by atoms with Gasteiger partial charge in [-0.2, -0.15) is 0 Å². The highest BCUT2D eigenvalue weighted by Gasteiger charge is 2.16. The number of anilines is 2. The van der Waals surface area contributed by atoms with Crippen LogP contribution in [0.25, 0.3) is 0 Å². The monoisotopic (exact) mass is 314 g/mol. The number of nitrogen functional groups attached to an aromatic ring is 1. The Kier molecular flexibility index (Phi) is 3.96. The maximum atomic E-state index is 12.1. The van der Waals surface area contributed by atoms with Crippen molar-refractivity contribution in [3.63, 3.8) is 0 Å². The molecular weight excluding hydrogens is 304 g/mol. The van der Waals surface area contributed by atoms with Crippen LogP contribution in [0.5, 0.6) is 5.88 Å². The van der Waals surface area contributed by atoms with Crippen molar-refractivity contribution in [2.75, 3.05) is 17.6 Å². The first-order valence-electron chi connectivity index (χ1n) is 5.36. The molecule has 2 rings (SSSR count). The van der Waals surface area contributed by atoms with Gasteiger partial charge in [-0.3, -0.25) is 4.72 Å². The van der Waals surface area contributed by atoms with Crippen LogP contribution in [0, 0.1) is 0 Å². The Labute approximate surface area is 120 Å². The number of aromatic nitrogens is 2. The smallest absolute Gasteiger partial charge is 0.263 e. The van der Waals surface area contributed by atoms with E-state index in [0.717, 1.165) is 6.20 Å². The number of pyridine rings is 2. The topological polar surface area (TPSA) is 107 Å². The summed E-state index contributed by atoms with van der Waals surface area (Å²) in [5.74, 6) is 0.446. The van der Waals surface area contributed by atoms with E-state index in [0.29, 0.717) is 11.6 Å². The SMILES string of the molecule is COc1ccc(NS(=O)(=O)c2cnc(N)c(Cl)c2)cn1. The first-order chi connectivity index (χ1) is 9.42. The number of hydrogen-bond donors (Lipinski definition) is 2. The highest BCUT2D eigenvalue weighted by atomic mass is 35.5. The van der Waals surface area contributed by atoms with E-state index in [1.54, 1.807) is 0 Å². The summed E-state index contributed by atoms with van der Waals surface area (Å²) in [7, 11) is -2.34. The zero-order valence-electron chi connectivity index (χ0n) is 10.4. The molecule has 0 unspecified atom stereocenters. The van der Waals surface area contributed by atoms with Gasteiger partial charge in [0.1, 0.15) is 10.7 Å². The lowest BCUT2D eigenvalue weighted by atomic mass is 10.4. The molecule has 0 fully saturated rings. The molecule has 0 saturated carbocycles. The number of nitrogens with one attached hydrogen (secondary N) is 1. The van der Waals surface area contributed by atoms with Gasteiger partial charge in [-0.25, -0.2) is 18.4 Å². The zero-order chi connectivity index (χ0) is 14.8. The number of hydrogen-bond acceptors (Lipinski definition) is 6. The van der Waals surface area contributed by atoms with Gasteiger partial charge < -0.3 is 10.5 Å². The highest BCUT2D eigenvalue weighted by Crippen LogP contribution is 2.22. The lowest BCUT2D eigenvalue weighted by molar-refractivity contribution is 0.398. The quantitative estimate of drug-likeness (QED) is 0.886. The molecule has 0 aliphatic carbocycles. The summed E-state index contributed by atoms with van der Waals surface area (Å²) in [6.07, 6.45) is 2.46. The van der Waals surface area contributed by atoms with E-state index in [9.17, 15) is 8.42 Å². The molecule has 0 bridgehead atoms. The Morgan fingerprint density at radius 1 is 1.30 bits per heavy atom. The van der Waals surface area contributed by atoms with Crippen molar-refractivity contribution in [1.29, 1.82) is 0 Å². The average molecular weight is 315 g/mol. The largest absolute Gasteiger partial charge is 0.481 e. The Balaban J connectivity index is 2.27. The molecular formula is C11H11ClN4O3S. The van der Waals surface area contributed by atoms with Crippen molar-refractivity contribution >= 4 is 33.1 Å². The summed E-state index contributed by atoms with van der Waals surface area (Å²) in [6, 6.07) is 4.28. The molecule has 0 aliphatic heterocycles. The van der Waals surface area contributed by atoms with E-state index in [1.165, 1.54) is 31.5 Å². The van der Waals surface area contributed by atoms with E-state index in [4.69, 9.17) is 22.1 Å². The van der Waals surface area contributed by atoms with Crippen LogP contribution in [-0.2, 0) is 10.0 Å². The third-order valence-corrected chi connectivity index (χ3v) is 4.00. The normalized spacial score (nSPS) is 11.1. The summed E-state index contributed by atoms with van der Waals surface area (Å²) in [4.78, 5) is 7.51. The van der Waals surface area contributed by atoms with Crippen LogP contribution < -0.4 is 15.2 Å². The van der Waals surface area contributed by atoms with Crippen LogP contribution >= 0.6 is 11.6 Å². The summed E-state index contributed by atoms with van der Waals surface area (Å²) in [5, 5.41) is 0.0701. The molecule has 0 amide bonds. The Bertz CT molecular complexity index is 719. The molecule has 106 valence electrons. The lowest BCUT2D eigenvalue weighted by Gasteiger charge is -2.08. The summed E-state index contributed by atoms with van der Waals surface area (Å²) >= 11 is 5.75. The van der Waals surface area contributed by atoms with Gasteiger partial charge in [0.15, 0.2) is 0 Å². The van der Waals surface area contributed by atoms with Gasteiger partial charge in [0.2, 0.25) is 5.88 Å². The van der Waals surface area contributed by atoms with Crippen molar-refractivity contribution in [2.45, 2.75) is 4.90 Å². The standard InChI is InChI=1S/C11H11ClN4O3S/c1-19-10-3-2-7(5-14-10)16-20(17,18)8-4-9(12)11(13)15-6-8/h2-6,16H,1H3,(H2,13,15). The van der Waals surface area contributed by atoms with Gasteiger partial charge in [-0.15, -0.1) is 0 Å². The maximum Gasteiger partial charge on any atom is 0.263 e. The van der Waals surface area contributed by atoms with Crippen molar-refractivity contribution in [3.05, 3.63) is 35.6 Å². The lowest BCUT2D eigenvalue weighted by Crippen LogP contribution is -2.13. The summed E-state index contributed by atoms with van der Waals surface area (Å²) < 4.78 is 31.5. The first kappa shape index (κ1) is 14.4. The van der Waals surface area contributed by atoms with Crippen LogP contribution in [-0.4, -0.2) is 25.5 Å². The molecule has 0 aliphatic rings. The predicted molar refractivity (Wildman–Crippen MR) is 75.3 cm³/mol. The fourth-order valence-corrected chi connectivity index (χ4v) is 2.60. The fourth-order valence-electron chi connectivity index (χ4n) is 1.35. The number of nitrogens with zero attached hydrogens (tertiary/aromatic N) is 2. The Morgan fingerprint density at radius 3 is 2.60 bits per heavy atom. The Hall–Kier alpha value is -2.06. The minimum Gasteiger partial charge on any atom is -0.481 e. The molecule has 0 saturated heterocycles. The second-order valence-corrected chi connectivity index (χ2v) is 5.82. The first-order valence-corrected chi connectivity index (χ1v) is 7.22. The van der Waals surface area contributed by atoms with Crippen molar-refractivity contribution in [3.8, 4) is 5.88 Å². The molecule has 7 nitrogen and oxygen atoms in total. The van der Waals surface area contributed by atoms with Gasteiger partial charge in [0, 0.05) is 12.3 Å². The molecule has 9 heteroatoms. The van der Waals surface area contributed by atoms with Crippen molar-refractivity contribution < 1.29 is 13.2 Å². The molecule has 3 N–H and O–H groups in total. The van der Waals surface area contributed by atoms with E-state index in [2.05, 4.69) is 14.7 Å². The average Bonchev–Trinajstić information content (AvgIpc) is 2.42. The second-order valence-electron chi connectivity index (χ2n) is 3.73. The molecule has 0 radical (unpaired) electrons. The van der Waals surface area contributed by atoms with Gasteiger partial charge in [-0.05, 0) is 12.1 Å². The number of nitrogens with two attached hydrogens (primary N) is 1. The number of methoxy groups -OCH3 is 1. The summed E-state index contributed by atoms with van der Waals surface area (Å²) in [6.45, 7) is 0. The molecule has 2 aromatic heterocycles. The molecule has 2 heterocycles. The number of halogens is 1. The third kappa shape index (κ3) is 3.09. The number of ether oxygens (including phenoxy) is 1. The number of sulfonamides is 1. The van der Waals surface area contributed by atoms with E-state index in [-0.39, 0.29) is 15.7 Å². The van der Waals surface area contributed by atoms with Gasteiger partial charge >= 0.3 is 0 Å². The van der Waals surface area contributed by atoms with Gasteiger partial charge in [-0.1, -0.05) is 11.6 Å². The predicted octanol–water partition coefficient (Wildman–Crippen LogP) is 1.52. The molecule has 2 aromatic rings. The van der Waals surface area contributed by atoms with Crippen LogP contribution in [0.2, 0.25) is 5.02 Å². The third-order valence-electron chi connectivity index (χ3n) is 2.35. The van der Waals surface area contributed by atoms with Crippen LogP contribution in [0.15, 0.2) is 35.5 Å². The van der Waals surface area contributed by atoms with E-state index >= 15 is 0 Å². The van der Waals surface area contributed by atoms with E-state index < -0.39 is 10.0 Å². The minimum atomic E-state index is -3.81. The van der Waals surface area contributed by atoms with Crippen molar-refractivity contribution in [2.24, 2.45) is 0 Å². The van der Waals surface area contributed by atoms with Crippen LogP contribution in [0.1, 0.15) is 0 Å². The van der Waals surface area contributed by atoms with Gasteiger partial charge in [0.05, 0.1) is 24.0 Å². The summed E-state index contributed by atoms with van der Waals surface area (Å²) in [5.41, 5.74) is 5.72. The van der Waals surface area contributed by atoms with Gasteiger partial charge in [0.25, 0.3) is 10.0 Å². The second kappa shape index (κ2) is 5.51. The fraction of sp³-hybridized carbons (Fsp3) is 0.0909. The molecule has 20 heavy (non-hydrogen) atoms. The van der Waals surface area contributed by atoms with Crippen LogP contribution in [0.3, 0.4) is 0 Å². The maximum absolute atomic E-state index is 12.1.